The van der Waals surface area contributed by atoms with E-state index >= 15 is 0 Å². The van der Waals surface area contributed by atoms with E-state index < -0.39 is 36.9 Å². The second-order valence-corrected chi connectivity index (χ2v) is 39.5. The van der Waals surface area contributed by atoms with Crippen LogP contribution in [0.2, 0.25) is 0 Å². The van der Waals surface area contributed by atoms with Crippen LogP contribution in [0.4, 0.5) is 34.1 Å². The molecule has 9 nitrogen and oxygen atoms in total. The average Bonchev–Trinajstić information content (AvgIpc) is 1.50. The fourth-order valence-corrected chi connectivity index (χ4v) is 21.6. The third kappa shape index (κ3) is 11.6. The van der Waals surface area contributed by atoms with E-state index in [1.165, 1.54) is 22.3 Å². The average molecular weight is 1680 g/mol. The minimum atomic E-state index is -0.669. The molecule has 0 saturated carbocycles. The molecule has 0 radical (unpaired) electrons. The number of hydrogen-bond donors (Lipinski definition) is 0. The molecule has 2 aliphatic rings. The van der Waals surface area contributed by atoms with Gasteiger partial charge < -0.3 is 32.6 Å². The fraction of sp³-hybridized carbons (Fsp3) is 0.133. The summed E-state index contributed by atoms with van der Waals surface area (Å²) < 4.78 is 61.1. The van der Waals surface area contributed by atoms with Crippen LogP contribution >= 0.6 is 0 Å². The van der Waals surface area contributed by atoms with Crippen molar-refractivity contribution in [1.29, 1.82) is 10.5 Å². The molecule has 0 amide bonds. The van der Waals surface area contributed by atoms with Crippen molar-refractivity contribution in [2.24, 2.45) is 0 Å². The molecule has 0 spiro atoms. The number of nitriles is 2. The smallest absolute Gasteiger partial charge is 0.252 e. The maximum absolute atomic E-state index is 13.4. The molecule has 2 aliphatic heterocycles. The fourth-order valence-electron chi connectivity index (χ4n) is 21.6. The summed E-state index contributed by atoms with van der Waals surface area (Å²) in [5, 5.41) is 36.9. The molecule has 622 valence electrons. The number of nitrogens with zero attached hydrogens (tertiary/aromatic N) is 9. The van der Waals surface area contributed by atoms with E-state index in [9.17, 15) is 17.4 Å². The number of benzene rings is 17. The Hall–Kier alpha value is -15.6. The van der Waals surface area contributed by atoms with Gasteiger partial charge in [-0.05, 0) is 217 Å². The molecule has 7 heterocycles. The minimum absolute atomic E-state index is 0.0805. The topological polar surface area (TPSA) is 78.7 Å². The van der Waals surface area contributed by atoms with Crippen molar-refractivity contribution in [2.45, 2.75) is 105 Å². The van der Waals surface area contributed by atoms with Crippen molar-refractivity contribution < 1.29 is 6.85 Å². The molecule has 0 bridgehead atoms. The van der Waals surface area contributed by atoms with Gasteiger partial charge in [0, 0.05) is 93.6 Å². The summed E-state index contributed by atoms with van der Waals surface area (Å²) in [6.07, 6.45) is 0. The quantitative estimate of drug-likeness (QED) is 0.135. The molecule has 0 atom stereocenters. The third-order valence-corrected chi connectivity index (χ3v) is 27.9. The molecular formula is C120H94BN9. The number of rotatable bonds is 9. The molecule has 0 aliphatic carbocycles. The molecule has 0 fully saturated rings. The largest absolute Gasteiger partial charge is 0.310 e. The summed E-state index contributed by atoms with van der Waals surface area (Å²) in [5.41, 5.74) is 26.2. The summed E-state index contributed by atoms with van der Waals surface area (Å²) in [7, 11) is 0. The van der Waals surface area contributed by atoms with E-state index in [0.29, 0.717) is 34.0 Å². The van der Waals surface area contributed by atoms with Crippen LogP contribution in [-0.2, 0) is 21.7 Å². The zero-order chi connectivity index (χ0) is 92.8. The normalized spacial score (nSPS) is 13.6. The van der Waals surface area contributed by atoms with E-state index in [1.54, 1.807) is 0 Å². The number of hydrogen-bond acceptors (Lipinski definition) is 4. The van der Waals surface area contributed by atoms with E-state index in [2.05, 4.69) is 413 Å². The third-order valence-electron chi connectivity index (χ3n) is 27.9. The van der Waals surface area contributed by atoms with Crippen LogP contribution < -0.4 is 26.2 Å². The Morgan fingerprint density at radius 3 is 1.08 bits per heavy atom. The lowest BCUT2D eigenvalue weighted by Crippen LogP contribution is -2.61. The van der Waals surface area contributed by atoms with Crippen molar-refractivity contribution in [2.75, 3.05) is 9.80 Å². The molecule has 5 aromatic heterocycles. The molecule has 0 saturated heterocycles. The Bertz CT molecular complexity index is 8770. The molecule has 22 aromatic rings. The first-order valence-electron chi connectivity index (χ1n) is 47.5. The van der Waals surface area contributed by atoms with Gasteiger partial charge in [0.25, 0.3) is 6.71 Å². The maximum Gasteiger partial charge on any atom is 0.252 e. The zero-order valence-electron chi connectivity index (χ0n) is 79.7. The predicted octanol–water partition coefficient (Wildman–Crippen LogP) is 29.5. The van der Waals surface area contributed by atoms with Gasteiger partial charge in [-0.1, -0.05) is 295 Å². The molecule has 10 heteroatoms. The summed E-state index contributed by atoms with van der Waals surface area (Å²) >= 11 is 0. The van der Waals surface area contributed by atoms with Gasteiger partial charge in [-0.25, -0.2) is 0 Å². The highest BCUT2D eigenvalue weighted by atomic mass is 15.2. The van der Waals surface area contributed by atoms with Crippen molar-refractivity contribution in [3.05, 3.63) is 385 Å². The van der Waals surface area contributed by atoms with Crippen LogP contribution in [0.1, 0.15) is 123 Å². The Balaban J connectivity index is 0.907. The Morgan fingerprint density at radius 1 is 0.262 bits per heavy atom. The van der Waals surface area contributed by atoms with Gasteiger partial charge in [-0.3, -0.25) is 0 Å². The van der Waals surface area contributed by atoms with Gasteiger partial charge in [-0.2, -0.15) is 10.5 Å². The molecule has 24 rings (SSSR count). The molecule has 0 unspecified atom stereocenters. The van der Waals surface area contributed by atoms with Gasteiger partial charge in [0.1, 0.15) is 23.3 Å². The van der Waals surface area contributed by atoms with Gasteiger partial charge in [-0.15, -0.1) is 0 Å². The second kappa shape index (κ2) is 28.4. The number of anilines is 6. The number of aromatic nitrogens is 5. The predicted molar refractivity (Wildman–Crippen MR) is 547 cm³/mol. The lowest BCUT2D eigenvalue weighted by molar-refractivity contribution is 0.590. The van der Waals surface area contributed by atoms with Crippen LogP contribution in [0, 0.1) is 22.7 Å². The summed E-state index contributed by atoms with van der Waals surface area (Å²) in [5.74, 6) is 0. The van der Waals surface area contributed by atoms with Crippen molar-refractivity contribution in [1.82, 2.24) is 22.8 Å². The summed E-state index contributed by atoms with van der Waals surface area (Å²) in [4.78, 5) is 4.58. The molecule has 130 heavy (non-hydrogen) atoms. The summed E-state index contributed by atoms with van der Waals surface area (Å²) in [6, 6.07) is 119. The first-order chi connectivity index (χ1) is 65.1. The first kappa shape index (κ1) is 72.5. The maximum atomic E-state index is 13.4. The van der Waals surface area contributed by atoms with Crippen molar-refractivity contribution in [3.8, 4) is 62.8 Å². The lowest BCUT2D eigenvalue weighted by Gasteiger charge is -2.45. The Kier molecular flexibility index (Phi) is 15.9. The van der Waals surface area contributed by atoms with E-state index in [0.717, 1.165) is 165 Å². The lowest BCUT2D eigenvalue weighted by atomic mass is 9.33. The van der Waals surface area contributed by atoms with E-state index in [-0.39, 0.29) is 44.0 Å². The second-order valence-electron chi connectivity index (χ2n) is 39.5. The molecule has 0 N–H and O–H groups in total. The standard InChI is InChI=1S/C120H94BN9/c1-117(2,3)75-49-58-104-89(63-75)90-64-76(118(4,5)6)50-59-105(90)124(104)79-53-56-95-110(67-79)129(103-47-30-46-102(93(103)71-122)127-97-41-24-19-35-84(97)85-36-20-25-42-98(85)127)112-69-81(126-101-45-28-23-39-88(101)114-82(40-29-48-109(114)126)73-31-15-13-16-32-73)70-113-115(112)121(95)96-57-54-80(125-106-60-51-77(119(7,8)9)65-91(106)92-66-78(120(10,11)12)52-61-107(92)125)68-111(96)130(113)116-83(74-33-17-14-18-34-74)55-62-108(94(116)72-123)128-99-43-26-21-37-86(99)87-38-22-27-44-100(87)128/h13-70H,1-12H3/i14D,17D,18D,33D,34D. The monoisotopic (exact) mass is 1680 g/mol. The SMILES string of the molecule is [2H]c1c([2H])c([2H])c(-c2ccc(-n3c4ccccc4c4ccccc43)c(C#N)c2N2c3cc(-n4c5ccc(C(C)(C)C)cc5c5cc(C(C)(C)C)ccc54)ccc3B3c4ccc(-n5c6ccc(C(C)(C)C)cc6c6cc(C(C)(C)C)ccc65)cc4N(c4cccc(-n5c6ccccc6c6ccccc65)c4C#N)c4cc(-n5c6ccccc6c6c(-c7ccccc7)cccc65)cc2c43)c([2H])c1[2H]. The highest BCUT2D eigenvalue weighted by Gasteiger charge is 2.47. The Labute approximate surface area is 764 Å². The van der Waals surface area contributed by atoms with Crippen molar-refractivity contribution >= 4 is 166 Å². The highest BCUT2D eigenvalue weighted by Crippen LogP contribution is 2.54. The summed E-state index contributed by atoms with van der Waals surface area (Å²) in [6.45, 7) is 26.6. The minimum Gasteiger partial charge on any atom is -0.310 e. The Morgan fingerprint density at radius 2 is 0.631 bits per heavy atom. The van der Waals surface area contributed by atoms with Crippen LogP contribution in [0.5, 0.6) is 0 Å². The van der Waals surface area contributed by atoms with Gasteiger partial charge in [0.05, 0.1) is 90.5 Å². The van der Waals surface area contributed by atoms with Gasteiger partial charge in [0.15, 0.2) is 0 Å². The zero-order valence-corrected chi connectivity index (χ0v) is 74.7. The van der Waals surface area contributed by atoms with Crippen LogP contribution in [0.3, 0.4) is 0 Å². The van der Waals surface area contributed by atoms with E-state index in [1.807, 2.05) is 36.4 Å². The number of para-hydroxylation sites is 5. The van der Waals surface area contributed by atoms with Crippen LogP contribution in [0.15, 0.2) is 352 Å². The van der Waals surface area contributed by atoms with Crippen molar-refractivity contribution in [3.63, 3.8) is 0 Å². The van der Waals surface area contributed by atoms with Crippen LogP contribution in [0.25, 0.3) is 160 Å². The van der Waals surface area contributed by atoms with Gasteiger partial charge in [0.2, 0.25) is 0 Å². The van der Waals surface area contributed by atoms with E-state index in [4.69, 9.17) is 0 Å². The molecule has 17 aromatic carbocycles. The highest BCUT2D eigenvalue weighted by molar-refractivity contribution is 7.00. The van der Waals surface area contributed by atoms with Crippen LogP contribution in [-0.4, -0.2) is 29.5 Å². The number of fused-ring (bicyclic) bond motifs is 19. The van der Waals surface area contributed by atoms with Gasteiger partial charge >= 0.3 is 0 Å². The first-order valence-corrected chi connectivity index (χ1v) is 45.0. The molecular weight excluding hydrogens is 1580 g/mol.